The molecule has 0 fully saturated rings. The molecule has 94 valence electrons. The third-order valence-corrected chi connectivity index (χ3v) is 1.97. The van der Waals surface area contributed by atoms with Crippen LogP contribution in [0.15, 0.2) is 18.2 Å². The summed E-state index contributed by atoms with van der Waals surface area (Å²) >= 11 is 0. The highest BCUT2D eigenvalue weighted by molar-refractivity contribution is 5.65. The first-order valence-corrected chi connectivity index (χ1v) is 4.65. The zero-order chi connectivity index (χ0) is 12.8. The highest BCUT2D eigenvalue weighted by Gasteiger charge is 2.16. The number of benzene rings is 1. The fraction of sp³-hybridized carbons (Fsp3) is 0.333. The zero-order valence-electron chi connectivity index (χ0n) is 8.73. The van der Waals surface area contributed by atoms with Crippen molar-refractivity contribution in [3.8, 4) is 0 Å². The molecule has 0 atom stereocenters. The van der Waals surface area contributed by atoms with Gasteiger partial charge in [0.2, 0.25) is 0 Å². The van der Waals surface area contributed by atoms with Crippen molar-refractivity contribution >= 4 is 11.4 Å². The number of ether oxygens (including phenoxy) is 1. The Morgan fingerprint density at radius 1 is 1.53 bits per heavy atom. The monoisotopic (exact) mass is 247 g/mol. The van der Waals surface area contributed by atoms with Gasteiger partial charge in [-0.3, -0.25) is 16.0 Å². The molecule has 1 aromatic rings. The highest BCUT2D eigenvalue weighted by atomic mass is 19.3. The summed E-state index contributed by atoms with van der Waals surface area (Å²) in [5, 5.41) is 10.7. The predicted octanol–water partition coefficient (Wildman–Crippen LogP) is 1.66. The summed E-state index contributed by atoms with van der Waals surface area (Å²) in [6, 6.07) is 4.19. The molecule has 0 spiro atoms. The number of nitrogens with one attached hydrogen (secondary N) is 1. The Balaban J connectivity index is 2.84. The molecule has 1 aromatic carbocycles. The molecule has 0 saturated carbocycles. The quantitative estimate of drug-likeness (QED) is 0.453. The van der Waals surface area contributed by atoms with Gasteiger partial charge in [-0.2, -0.15) is 0 Å². The summed E-state index contributed by atoms with van der Waals surface area (Å²) in [6.07, 6.45) is -2.58. The van der Waals surface area contributed by atoms with Crippen LogP contribution in [0, 0.1) is 10.1 Å². The number of nitrogens with zero attached hydrogens (tertiary/aromatic N) is 1. The molecule has 0 amide bonds. The molecule has 8 heteroatoms. The van der Waals surface area contributed by atoms with Gasteiger partial charge in [0.05, 0.1) is 11.5 Å². The van der Waals surface area contributed by atoms with Gasteiger partial charge in [-0.1, -0.05) is 12.1 Å². The maximum absolute atomic E-state index is 11.9. The Bertz CT molecular complexity index is 401. The van der Waals surface area contributed by atoms with Gasteiger partial charge < -0.3 is 10.2 Å². The number of hydrogen-bond donors (Lipinski definition) is 2. The molecule has 0 radical (unpaired) electrons. The topological polar surface area (TPSA) is 90.4 Å². The molecule has 0 heterocycles. The Morgan fingerprint density at radius 3 is 2.76 bits per heavy atom. The van der Waals surface area contributed by atoms with Crippen LogP contribution in [0.3, 0.4) is 0 Å². The molecule has 0 aliphatic carbocycles. The van der Waals surface area contributed by atoms with Crippen LogP contribution in [0.25, 0.3) is 0 Å². The second-order valence-electron chi connectivity index (χ2n) is 3.12. The van der Waals surface area contributed by atoms with Gasteiger partial charge in [-0.15, -0.1) is 0 Å². The van der Waals surface area contributed by atoms with Gasteiger partial charge in [0.1, 0.15) is 12.3 Å². The average Bonchev–Trinajstić information content (AvgIpc) is 2.28. The fourth-order valence-electron chi connectivity index (χ4n) is 1.28. The largest absolute Gasteiger partial charge is 0.371 e. The number of anilines is 1. The normalized spacial score (nSPS) is 10.6. The Kier molecular flexibility index (Phi) is 4.73. The summed E-state index contributed by atoms with van der Waals surface area (Å²) in [5.41, 5.74) is 2.35. The van der Waals surface area contributed by atoms with E-state index in [1.807, 2.05) is 0 Å². The maximum atomic E-state index is 11.9. The number of para-hydroxylation sites is 1. The Morgan fingerprint density at radius 2 is 2.24 bits per heavy atom. The Hall–Kier alpha value is -1.80. The van der Waals surface area contributed by atoms with E-state index in [0.29, 0.717) is 5.56 Å². The lowest BCUT2D eigenvalue weighted by Crippen LogP contribution is -2.13. The maximum Gasteiger partial charge on any atom is 0.294 e. The minimum Gasteiger partial charge on any atom is -0.371 e. The number of nitro groups is 1. The minimum atomic E-state index is -2.58. The molecular formula is C9H11F2N3O3. The minimum absolute atomic E-state index is 0.0618. The molecule has 0 aliphatic heterocycles. The first kappa shape index (κ1) is 13.3. The molecule has 0 saturated heterocycles. The first-order valence-electron chi connectivity index (χ1n) is 4.65. The summed E-state index contributed by atoms with van der Waals surface area (Å²) in [6.45, 7) is -0.905. The smallest absolute Gasteiger partial charge is 0.294 e. The van der Waals surface area contributed by atoms with Gasteiger partial charge in [-0.25, -0.2) is 8.78 Å². The van der Waals surface area contributed by atoms with Crippen molar-refractivity contribution in [2.45, 2.75) is 13.0 Å². The standard InChI is InChI=1S/C9H11F2N3O3/c10-8(11)5-17-4-6-2-1-3-7(14(15)16)9(6)13-12/h1-3,8,13H,4-5,12H2. The first-order chi connectivity index (χ1) is 8.06. The molecule has 0 bridgehead atoms. The summed E-state index contributed by atoms with van der Waals surface area (Å²) in [5.74, 6) is 5.16. The lowest BCUT2D eigenvalue weighted by atomic mass is 10.1. The number of rotatable bonds is 6. The second-order valence-corrected chi connectivity index (χ2v) is 3.12. The van der Waals surface area contributed by atoms with Crippen LogP contribution in [0.5, 0.6) is 0 Å². The highest BCUT2D eigenvalue weighted by Crippen LogP contribution is 2.27. The van der Waals surface area contributed by atoms with E-state index in [1.165, 1.54) is 18.2 Å². The van der Waals surface area contributed by atoms with Crippen LogP contribution in [0.2, 0.25) is 0 Å². The van der Waals surface area contributed by atoms with Crippen molar-refractivity contribution in [3.05, 3.63) is 33.9 Å². The van der Waals surface area contributed by atoms with Crippen LogP contribution in [-0.4, -0.2) is 18.0 Å². The van der Waals surface area contributed by atoms with Crippen LogP contribution in [0.1, 0.15) is 5.56 Å². The summed E-state index contributed by atoms with van der Waals surface area (Å²) in [4.78, 5) is 10.0. The van der Waals surface area contributed by atoms with E-state index >= 15 is 0 Å². The predicted molar refractivity (Wildman–Crippen MR) is 56.6 cm³/mol. The molecule has 3 N–H and O–H groups in total. The van der Waals surface area contributed by atoms with Crippen molar-refractivity contribution in [2.75, 3.05) is 12.0 Å². The van der Waals surface area contributed by atoms with Crippen molar-refractivity contribution in [2.24, 2.45) is 5.84 Å². The molecule has 0 aliphatic rings. The van der Waals surface area contributed by atoms with E-state index in [4.69, 9.17) is 10.6 Å². The number of halogens is 2. The van der Waals surface area contributed by atoms with E-state index in [-0.39, 0.29) is 18.0 Å². The molecule has 6 nitrogen and oxygen atoms in total. The van der Waals surface area contributed by atoms with Gasteiger partial charge in [0.25, 0.3) is 12.1 Å². The van der Waals surface area contributed by atoms with Crippen LogP contribution in [-0.2, 0) is 11.3 Å². The zero-order valence-corrected chi connectivity index (χ0v) is 8.73. The molecule has 1 rings (SSSR count). The Labute approximate surface area is 95.5 Å². The van der Waals surface area contributed by atoms with Crippen LogP contribution >= 0.6 is 0 Å². The SMILES string of the molecule is NNc1c(COCC(F)F)cccc1[N+](=O)[O-]. The van der Waals surface area contributed by atoms with Crippen molar-refractivity contribution in [1.82, 2.24) is 0 Å². The van der Waals surface area contributed by atoms with Gasteiger partial charge >= 0.3 is 0 Å². The number of nitro benzene ring substituents is 1. The number of alkyl halides is 2. The fourth-order valence-corrected chi connectivity index (χ4v) is 1.28. The van der Waals surface area contributed by atoms with Crippen LogP contribution < -0.4 is 11.3 Å². The number of hydrazine groups is 1. The molecule has 0 unspecified atom stereocenters. The lowest BCUT2D eigenvalue weighted by molar-refractivity contribution is -0.384. The van der Waals surface area contributed by atoms with Crippen LogP contribution in [0.4, 0.5) is 20.2 Å². The number of hydrogen-bond acceptors (Lipinski definition) is 5. The van der Waals surface area contributed by atoms with Crippen molar-refractivity contribution in [1.29, 1.82) is 0 Å². The van der Waals surface area contributed by atoms with E-state index in [2.05, 4.69) is 5.43 Å². The summed E-state index contributed by atoms with van der Waals surface area (Å²) < 4.78 is 28.4. The van der Waals surface area contributed by atoms with E-state index in [1.54, 1.807) is 0 Å². The third-order valence-electron chi connectivity index (χ3n) is 1.97. The number of nitrogens with two attached hydrogens (primary N) is 1. The van der Waals surface area contributed by atoms with E-state index in [9.17, 15) is 18.9 Å². The van der Waals surface area contributed by atoms with E-state index in [0.717, 1.165) is 0 Å². The van der Waals surface area contributed by atoms with Crippen molar-refractivity contribution < 1.29 is 18.4 Å². The van der Waals surface area contributed by atoms with Gasteiger partial charge in [-0.05, 0) is 0 Å². The van der Waals surface area contributed by atoms with Gasteiger partial charge in [0, 0.05) is 11.6 Å². The third kappa shape index (κ3) is 3.61. The molecule has 17 heavy (non-hydrogen) atoms. The number of nitrogen functional groups attached to an aromatic ring is 1. The van der Waals surface area contributed by atoms with Gasteiger partial charge in [0.15, 0.2) is 0 Å². The lowest BCUT2D eigenvalue weighted by Gasteiger charge is -2.09. The summed E-state index contributed by atoms with van der Waals surface area (Å²) in [7, 11) is 0. The second kappa shape index (κ2) is 6.06. The average molecular weight is 247 g/mol. The van der Waals surface area contributed by atoms with E-state index < -0.39 is 18.0 Å². The molecular weight excluding hydrogens is 236 g/mol. The molecule has 0 aromatic heterocycles. The van der Waals surface area contributed by atoms with Crippen molar-refractivity contribution in [3.63, 3.8) is 0 Å².